The largest absolute Gasteiger partial charge is 0.506 e. The summed E-state index contributed by atoms with van der Waals surface area (Å²) in [6, 6.07) is 6.78. The maximum atomic E-state index is 15.1. The van der Waals surface area contributed by atoms with Crippen molar-refractivity contribution < 1.29 is 33.3 Å². The Bertz CT molecular complexity index is 1630. The lowest BCUT2D eigenvalue weighted by molar-refractivity contribution is 0.0939. The van der Waals surface area contributed by atoms with Crippen LogP contribution in [0.1, 0.15) is 46.0 Å². The number of nitrogens with zero attached hydrogens (tertiary/aromatic N) is 3. The molecule has 1 aromatic carbocycles. The first-order chi connectivity index (χ1) is 19.0. The normalized spacial score (nSPS) is 10.9. The third-order valence-electron chi connectivity index (χ3n) is 5.84. The highest BCUT2D eigenvalue weighted by Gasteiger charge is 2.25. The molecule has 0 aliphatic heterocycles. The molecule has 3 heterocycles. The zero-order valence-corrected chi connectivity index (χ0v) is 22.7. The highest BCUT2D eigenvalue weighted by molar-refractivity contribution is 6.10. The molecule has 0 saturated heterocycles. The first-order valence-electron chi connectivity index (χ1n) is 12.2. The minimum absolute atomic E-state index is 0.0894. The Labute approximate surface area is 229 Å². The number of fused-ring (bicyclic) bond motifs is 1. The SMILES string of the molecule is COc1cc2nccc(Oc3ccc(NC(=O)c4c(C)nc(C)c(C(=O)NC(C)C)c4O)cc3F)c2nc1OC. The lowest BCUT2D eigenvalue weighted by Gasteiger charge is -2.16. The fraction of sp³-hybridized carbons (Fsp3) is 0.250. The molecule has 11 nitrogen and oxygen atoms in total. The van der Waals surface area contributed by atoms with Gasteiger partial charge in [0.15, 0.2) is 23.1 Å². The molecule has 208 valence electrons. The number of benzene rings is 1. The van der Waals surface area contributed by atoms with Gasteiger partial charge in [0.1, 0.15) is 22.4 Å². The van der Waals surface area contributed by atoms with Crippen LogP contribution in [0.5, 0.6) is 28.9 Å². The van der Waals surface area contributed by atoms with E-state index in [9.17, 15) is 14.7 Å². The molecular weight excluding hydrogens is 521 g/mol. The number of pyridine rings is 3. The van der Waals surface area contributed by atoms with Crippen LogP contribution < -0.4 is 24.8 Å². The minimum Gasteiger partial charge on any atom is -0.506 e. The van der Waals surface area contributed by atoms with Crippen LogP contribution in [0.3, 0.4) is 0 Å². The number of amides is 2. The zero-order chi connectivity index (χ0) is 29.1. The van der Waals surface area contributed by atoms with E-state index in [1.54, 1.807) is 26.8 Å². The van der Waals surface area contributed by atoms with Gasteiger partial charge in [0.2, 0.25) is 0 Å². The zero-order valence-electron chi connectivity index (χ0n) is 22.7. The Morgan fingerprint density at radius 2 is 1.62 bits per heavy atom. The molecular formula is C28H28FN5O6. The van der Waals surface area contributed by atoms with Crippen molar-refractivity contribution in [2.75, 3.05) is 19.5 Å². The quantitative estimate of drug-likeness (QED) is 0.285. The topological polar surface area (TPSA) is 145 Å². The van der Waals surface area contributed by atoms with Crippen LogP contribution in [0.25, 0.3) is 11.0 Å². The Balaban J connectivity index is 1.60. The van der Waals surface area contributed by atoms with Crippen molar-refractivity contribution in [3.05, 3.63) is 64.9 Å². The van der Waals surface area contributed by atoms with Crippen LogP contribution in [0.4, 0.5) is 10.1 Å². The molecule has 0 aliphatic carbocycles. The summed E-state index contributed by atoms with van der Waals surface area (Å²) in [7, 11) is 2.91. The second-order valence-corrected chi connectivity index (χ2v) is 9.09. The maximum absolute atomic E-state index is 15.1. The molecule has 3 aromatic heterocycles. The molecule has 0 radical (unpaired) electrons. The van der Waals surface area contributed by atoms with Gasteiger partial charge in [-0.2, -0.15) is 0 Å². The van der Waals surface area contributed by atoms with Gasteiger partial charge < -0.3 is 30.0 Å². The molecule has 2 amide bonds. The summed E-state index contributed by atoms with van der Waals surface area (Å²) in [5.74, 6) is -1.93. The van der Waals surface area contributed by atoms with Crippen molar-refractivity contribution in [2.24, 2.45) is 0 Å². The molecule has 40 heavy (non-hydrogen) atoms. The fourth-order valence-corrected chi connectivity index (χ4v) is 4.07. The smallest absolute Gasteiger partial charge is 0.261 e. The predicted molar refractivity (Wildman–Crippen MR) is 145 cm³/mol. The van der Waals surface area contributed by atoms with Crippen molar-refractivity contribution in [1.82, 2.24) is 20.3 Å². The minimum atomic E-state index is -0.775. The Morgan fingerprint density at radius 3 is 2.25 bits per heavy atom. The summed E-state index contributed by atoms with van der Waals surface area (Å²) in [6.07, 6.45) is 1.48. The number of aryl methyl sites for hydroxylation is 2. The fourth-order valence-electron chi connectivity index (χ4n) is 4.07. The molecule has 12 heteroatoms. The number of methoxy groups -OCH3 is 2. The summed E-state index contributed by atoms with van der Waals surface area (Å²) < 4.78 is 31.4. The maximum Gasteiger partial charge on any atom is 0.261 e. The summed E-state index contributed by atoms with van der Waals surface area (Å²) >= 11 is 0. The molecule has 0 saturated carbocycles. The molecule has 0 aliphatic rings. The molecule has 0 bridgehead atoms. The van der Waals surface area contributed by atoms with Crippen LogP contribution >= 0.6 is 0 Å². The highest BCUT2D eigenvalue weighted by Crippen LogP contribution is 2.35. The number of rotatable bonds is 8. The molecule has 4 aromatic rings. The van der Waals surface area contributed by atoms with Gasteiger partial charge in [-0.3, -0.25) is 19.6 Å². The number of anilines is 1. The van der Waals surface area contributed by atoms with Crippen LogP contribution in [0, 0.1) is 19.7 Å². The van der Waals surface area contributed by atoms with Gasteiger partial charge in [0, 0.05) is 36.1 Å². The van der Waals surface area contributed by atoms with Crippen LogP contribution in [0.15, 0.2) is 36.5 Å². The second-order valence-electron chi connectivity index (χ2n) is 9.09. The standard InChI is InChI=1S/C28H28FN5O6/c1-13(2)31-26(36)22-14(3)32-15(4)23(25(22)35)27(37)33-16-7-8-19(17(29)11-16)40-20-9-10-30-18-12-21(38-5)28(39-6)34-24(18)20/h7-13H,1-6H3,(H,31,36)(H,32,35)(H,33,37). The van der Waals surface area contributed by atoms with Gasteiger partial charge in [0.05, 0.1) is 31.1 Å². The molecule has 0 unspecified atom stereocenters. The van der Waals surface area contributed by atoms with E-state index in [-0.39, 0.29) is 51.6 Å². The number of hydrogen-bond acceptors (Lipinski definition) is 9. The lowest BCUT2D eigenvalue weighted by atomic mass is 10.0. The molecule has 0 spiro atoms. The number of ether oxygens (including phenoxy) is 3. The number of nitrogens with one attached hydrogen (secondary N) is 2. The van der Waals surface area contributed by atoms with Crippen LogP contribution in [0.2, 0.25) is 0 Å². The first-order valence-corrected chi connectivity index (χ1v) is 12.2. The Kier molecular flexibility index (Phi) is 7.98. The van der Waals surface area contributed by atoms with Crippen LogP contribution in [-0.2, 0) is 0 Å². The van der Waals surface area contributed by atoms with Gasteiger partial charge in [-0.05, 0) is 39.8 Å². The third-order valence-corrected chi connectivity index (χ3v) is 5.84. The molecule has 4 rings (SSSR count). The monoisotopic (exact) mass is 549 g/mol. The summed E-state index contributed by atoms with van der Waals surface area (Å²) in [6.45, 7) is 6.62. The number of aromatic nitrogens is 3. The molecule has 0 atom stereocenters. The highest BCUT2D eigenvalue weighted by atomic mass is 19.1. The van der Waals surface area contributed by atoms with E-state index in [4.69, 9.17) is 14.2 Å². The summed E-state index contributed by atoms with van der Waals surface area (Å²) in [4.78, 5) is 38.5. The van der Waals surface area contributed by atoms with E-state index < -0.39 is 23.4 Å². The van der Waals surface area contributed by atoms with Gasteiger partial charge >= 0.3 is 0 Å². The van der Waals surface area contributed by atoms with Gasteiger partial charge in [-0.1, -0.05) is 0 Å². The number of hydrogen-bond donors (Lipinski definition) is 3. The van der Waals surface area contributed by atoms with Crippen molar-refractivity contribution in [3.8, 4) is 28.9 Å². The predicted octanol–water partition coefficient (Wildman–Crippen LogP) is 4.69. The van der Waals surface area contributed by atoms with E-state index in [2.05, 4.69) is 25.6 Å². The van der Waals surface area contributed by atoms with E-state index in [0.717, 1.165) is 6.07 Å². The average Bonchev–Trinajstić information content (AvgIpc) is 2.88. The van der Waals surface area contributed by atoms with Gasteiger partial charge in [-0.15, -0.1) is 0 Å². The summed E-state index contributed by atoms with van der Waals surface area (Å²) in [5.41, 5.74) is 1.04. The number of carbonyl (C=O) groups excluding carboxylic acids is 2. The Morgan fingerprint density at radius 1 is 0.925 bits per heavy atom. The molecule has 3 N–H and O–H groups in total. The number of carbonyl (C=O) groups is 2. The summed E-state index contributed by atoms with van der Waals surface area (Å²) in [5, 5.41) is 16.0. The number of halogens is 1. The van der Waals surface area contributed by atoms with Crippen molar-refractivity contribution >= 4 is 28.5 Å². The Hall–Kier alpha value is -5.00. The number of aromatic hydroxyl groups is 1. The lowest BCUT2D eigenvalue weighted by Crippen LogP contribution is -2.31. The van der Waals surface area contributed by atoms with Gasteiger partial charge in [0.25, 0.3) is 17.7 Å². The van der Waals surface area contributed by atoms with E-state index in [1.165, 1.54) is 45.5 Å². The third kappa shape index (κ3) is 5.55. The first kappa shape index (κ1) is 28.0. The van der Waals surface area contributed by atoms with Gasteiger partial charge in [-0.25, -0.2) is 9.37 Å². The van der Waals surface area contributed by atoms with E-state index in [1.807, 2.05) is 0 Å². The van der Waals surface area contributed by atoms with E-state index in [0.29, 0.717) is 16.8 Å². The average molecular weight is 550 g/mol. The van der Waals surface area contributed by atoms with Crippen molar-refractivity contribution in [1.29, 1.82) is 0 Å². The van der Waals surface area contributed by atoms with Crippen molar-refractivity contribution in [2.45, 2.75) is 33.7 Å². The second kappa shape index (κ2) is 11.4. The van der Waals surface area contributed by atoms with Crippen molar-refractivity contribution in [3.63, 3.8) is 0 Å². The van der Waals surface area contributed by atoms with E-state index >= 15 is 4.39 Å². The molecule has 0 fully saturated rings. The van der Waals surface area contributed by atoms with Crippen LogP contribution in [-0.4, -0.2) is 52.1 Å².